The van der Waals surface area contributed by atoms with Crippen LogP contribution in [0.1, 0.15) is 62.7 Å². The van der Waals surface area contributed by atoms with Crippen molar-refractivity contribution in [1.29, 1.82) is 5.26 Å². The maximum absolute atomic E-state index is 13.4. The van der Waals surface area contributed by atoms with Crippen molar-refractivity contribution in [3.05, 3.63) is 69.6 Å². The highest BCUT2D eigenvalue weighted by Gasteiger charge is 2.40. The number of carbonyl (C=O) groups is 2. The number of fused-ring (bicyclic) bond motifs is 1. The number of ether oxygens (including phenoxy) is 1. The SMILES string of the molecule is CCCCS(=O)(=O)NC(=O)c1ccc2c(c1)C(=O)N(c1sc(C)c(-c3ccc(OC)cc3)c1C#N)C2O. The molecule has 9 nitrogen and oxygen atoms in total. The molecule has 1 aromatic heterocycles. The number of hydrogen-bond donors (Lipinski definition) is 2. The van der Waals surface area contributed by atoms with Crippen molar-refractivity contribution in [2.75, 3.05) is 17.8 Å². The van der Waals surface area contributed by atoms with E-state index in [4.69, 9.17) is 4.74 Å². The van der Waals surface area contributed by atoms with Crippen LogP contribution in [0.3, 0.4) is 0 Å². The van der Waals surface area contributed by atoms with Gasteiger partial charge in [0.05, 0.1) is 18.4 Å². The number of rotatable bonds is 8. The Morgan fingerprint density at radius 2 is 1.95 bits per heavy atom. The van der Waals surface area contributed by atoms with E-state index in [2.05, 4.69) is 6.07 Å². The molecule has 37 heavy (non-hydrogen) atoms. The summed E-state index contributed by atoms with van der Waals surface area (Å²) in [6.45, 7) is 3.67. The van der Waals surface area contributed by atoms with Crippen LogP contribution in [0.5, 0.6) is 5.75 Å². The summed E-state index contributed by atoms with van der Waals surface area (Å²) >= 11 is 1.20. The zero-order valence-corrected chi connectivity index (χ0v) is 22.1. The van der Waals surface area contributed by atoms with Crippen molar-refractivity contribution in [2.24, 2.45) is 0 Å². The summed E-state index contributed by atoms with van der Waals surface area (Å²) in [5.74, 6) is -0.971. The second kappa shape index (κ2) is 10.3. The van der Waals surface area contributed by atoms with Crippen LogP contribution in [0.25, 0.3) is 11.1 Å². The molecule has 0 aliphatic carbocycles. The molecule has 2 amide bonds. The van der Waals surface area contributed by atoms with Gasteiger partial charge in [-0.25, -0.2) is 13.1 Å². The molecule has 1 unspecified atom stereocenters. The Labute approximate surface area is 219 Å². The summed E-state index contributed by atoms with van der Waals surface area (Å²) in [5, 5.41) is 21.3. The van der Waals surface area contributed by atoms with E-state index in [0.29, 0.717) is 24.2 Å². The molecule has 0 fully saturated rings. The summed E-state index contributed by atoms with van der Waals surface area (Å²) in [6.07, 6.45) is -0.308. The molecule has 192 valence electrons. The second-order valence-corrected chi connectivity index (χ2v) is 11.6. The van der Waals surface area contributed by atoms with E-state index in [1.165, 1.54) is 29.5 Å². The second-order valence-electron chi connectivity index (χ2n) is 8.51. The zero-order chi connectivity index (χ0) is 26.9. The third-order valence-electron chi connectivity index (χ3n) is 6.08. The number of nitrogens with zero attached hydrogens (tertiary/aromatic N) is 2. The van der Waals surface area contributed by atoms with Crippen LogP contribution in [-0.4, -0.2) is 38.2 Å². The molecule has 1 atom stereocenters. The molecule has 2 N–H and O–H groups in total. The third-order valence-corrected chi connectivity index (χ3v) is 8.50. The first-order valence-corrected chi connectivity index (χ1v) is 14.0. The minimum atomic E-state index is -3.81. The average Bonchev–Trinajstić information content (AvgIpc) is 3.34. The van der Waals surface area contributed by atoms with Gasteiger partial charge in [-0.15, -0.1) is 11.3 Å². The summed E-state index contributed by atoms with van der Waals surface area (Å²) < 4.78 is 31.5. The number of sulfonamides is 1. The quantitative estimate of drug-likeness (QED) is 0.439. The number of aliphatic hydroxyl groups excluding tert-OH is 1. The topological polar surface area (TPSA) is 137 Å². The lowest BCUT2D eigenvalue weighted by Gasteiger charge is -2.19. The molecule has 0 radical (unpaired) electrons. The molecule has 2 aromatic carbocycles. The highest BCUT2D eigenvalue weighted by molar-refractivity contribution is 7.90. The molecule has 0 saturated carbocycles. The summed E-state index contributed by atoms with van der Waals surface area (Å²) in [7, 11) is -2.25. The molecule has 0 saturated heterocycles. The number of benzene rings is 2. The van der Waals surface area contributed by atoms with Crippen molar-refractivity contribution < 1.29 is 27.9 Å². The lowest BCUT2D eigenvalue weighted by atomic mass is 10.0. The smallest absolute Gasteiger partial charge is 0.264 e. The monoisotopic (exact) mass is 539 g/mol. The Morgan fingerprint density at radius 3 is 2.57 bits per heavy atom. The third kappa shape index (κ3) is 4.96. The lowest BCUT2D eigenvalue weighted by Crippen LogP contribution is -2.32. The standard InChI is InChI=1S/C26H25N3O6S2/c1-4-5-12-37(33,34)28-23(30)17-8-11-19-20(13-17)25(32)29(24(19)31)26-21(14-27)22(15(2)36-26)16-6-9-18(35-3)10-7-16/h6-11,13,24,31H,4-5,12H2,1-3H3,(H,28,30). The van der Waals surface area contributed by atoms with Crippen LogP contribution in [0, 0.1) is 18.3 Å². The predicted molar refractivity (Wildman–Crippen MR) is 140 cm³/mol. The summed E-state index contributed by atoms with van der Waals surface area (Å²) in [5.41, 5.74) is 1.96. The van der Waals surface area contributed by atoms with E-state index < -0.39 is 28.1 Å². The van der Waals surface area contributed by atoms with Gasteiger partial charge >= 0.3 is 0 Å². The van der Waals surface area contributed by atoms with Gasteiger partial charge in [-0.05, 0) is 43.2 Å². The van der Waals surface area contributed by atoms with E-state index in [1.807, 2.05) is 30.7 Å². The maximum atomic E-state index is 13.4. The Bertz CT molecular complexity index is 1520. The fourth-order valence-corrected chi connectivity index (χ4v) is 6.50. The Balaban J connectivity index is 1.68. The summed E-state index contributed by atoms with van der Waals surface area (Å²) in [4.78, 5) is 27.9. The number of anilines is 1. The fourth-order valence-electron chi connectivity index (χ4n) is 4.19. The fraction of sp³-hybridized carbons (Fsp3) is 0.269. The first-order valence-electron chi connectivity index (χ1n) is 11.5. The van der Waals surface area contributed by atoms with Crippen LogP contribution < -0.4 is 14.4 Å². The largest absolute Gasteiger partial charge is 0.497 e. The molecule has 3 aromatic rings. The van der Waals surface area contributed by atoms with Crippen LogP contribution >= 0.6 is 11.3 Å². The average molecular weight is 540 g/mol. The highest BCUT2D eigenvalue weighted by Crippen LogP contribution is 2.46. The van der Waals surface area contributed by atoms with Gasteiger partial charge in [0, 0.05) is 27.1 Å². The maximum Gasteiger partial charge on any atom is 0.264 e. The van der Waals surface area contributed by atoms with Crippen molar-refractivity contribution in [3.63, 3.8) is 0 Å². The van der Waals surface area contributed by atoms with Crippen LogP contribution in [0.15, 0.2) is 42.5 Å². The molecular formula is C26H25N3O6S2. The van der Waals surface area contributed by atoms with Crippen molar-refractivity contribution in [2.45, 2.75) is 32.9 Å². The number of thiophene rings is 1. The molecule has 0 bridgehead atoms. The molecule has 1 aliphatic rings. The van der Waals surface area contributed by atoms with E-state index >= 15 is 0 Å². The number of aliphatic hydroxyl groups is 1. The van der Waals surface area contributed by atoms with E-state index in [1.54, 1.807) is 19.2 Å². The number of nitriles is 1. The minimum absolute atomic E-state index is 0.0250. The van der Waals surface area contributed by atoms with Gasteiger partial charge in [-0.3, -0.25) is 14.5 Å². The van der Waals surface area contributed by atoms with Gasteiger partial charge in [0.15, 0.2) is 6.23 Å². The van der Waals surface area contributed by atoms with Crippen LogP contribution in [0.4, 0.5) is 5.00 Å². The van der Waals surface area contributed by atoms with Crippen LogP contribution in [-0.2, 0) is 10.0 Å². The molecule has 4 rings (SSSR count). The number of aryl methyl sites for hydroxylation is 1. The molecule has 2 heterocycles. The van der Waals surface area contributed by atoms with E-state index in [-0.39, 0.29) is 33.0 Å². The number of carbonyl (C=O) groups excluding carboxylic acids is 2. The van der Waals surface area contributed by atoms with Gasteiger partial charge in [0.1, 0.15) is 16.8 Å². The van der Waals surface area contributed by atoms with E-state index in [9.17, 15) is 28.4 Å². The van der Waals surface area contributed by atoms with E-state index in [0.717, 1.165) is 15.3 Å². The Morgan fingerprint density at radius 1 is 1.24 bits per heavy atom. The van der Waals surface area contributed by atoms with Crippen LogP contribution in [0.2, 0.25) is 0 Å². The Kier molecular flexibility index (Phi) is 7.36. The normalized spacial score (nSPS) is 14.8. The van der Waals surface area contributed by atoms with Crippen molar-refractivity contribution in [3.8, 4) is 22.9 Å². The number of methoxy groups -OCH3 is 1. The van der Waals surface area contributed by atoms with Gasteiger partial charge in [0.25, 0.3) is 11.8 Å². The first-order chi connectivity index (χ1) is 17.6. The first kappa shape index (κ1) is 26.3. The number of hydrogen-bond acceptors (Lipinski definition) is 8. The van der Waals surface area contributed by atoms with Gasteiger partial charge in [-0.2, -0.15) is 5.26 Å². The molecule has 11 heteroatoms. The van der Waals surface area contributed by atoms with Gasteiger partial charge in [0.2, 0.25) is 10.0 Å². The highest BCUT2D eigenvalue weighted by atomic mass is 32.2. The number of nitrogens with one attached hydrogen (secondary N) is 1. The van der Waals surface area contributed by atoms with Gasteiger partial charge < -0.3 is 9.84 Å². The molecular weight excluding hydrogens is 514 g/mol. The van der Waals surface area contributed by atoms with Gasteiger partial charge in [-0.1, -0.05) is 31.5 Å². The predicted octanol–water partition coefficient (Wildman–Crippen LogP) is 4.11. The zero-order valence-electron chi connectivity index (χ0n) is 20.4. The number of unbranched alkanes of at least 4 members (excludes halogenated alkanes) is 1. The lowest BCUT2D eigenvalue weighted by molar-refractivity contribution is 0.0936. The molecule has 1 aliphatic heterocycles. The molecule has 0 spiro atoms. The minimum Gasteiger partial charge on any atom is -0.497 e. The van der Waals surface area contributed by atoms with Crippen molar-refractivity contribution in [1.82, 2.24) is 4.72 Å². The summed E-state index contributed by atoms with van der Waals surface area (Å²) in [6, 6.07) is 13.4. The number of amides is 2. The van der Waals surface area contributed by atoms with Crippen molar-refractivity contribution >= 4 is 38.2 Å². The Hall–Kier alpha value is -3.72.